The van der Waals surface area contributed by atoms with Crippen LogP contribution in [0, 0.1) is 10.1 Å². The van der Waals surface area contributed by atoms with Crippen molar-refractivity contribution < 1.29 is 33.7 Å². The lowest BCUT2D eigenvalue weighted by molar-refractivity contribution is -0.757. The first-order valence-electron chi connectivity index (χ1n) is 8.76. The van der Waals surface area contributed by atoms with Crippen LogP contribution in [0.2, 0.25) is 0 Å². The van der Waals surface area contributed by atoms with Crippen molar-refractivity contribution in [2.75, 3.05) is 27.4 Å². The number of nitrogens with one attached hydrogen (secondary N) is 1. The standard InChI is InChI=1S/C19H21BrN2O8/c1-10-15(18(23)27-3)17(16(11(2)21-10)19(24)28-4)13-9-12(20)5-6-14(13)29-7-8-30-22(25)26/h5-6,9,17,21H,7-8H2,1-4H3. The third-order valence-electron chi connectivity index (χ3n) is 4.39. The molecule has 0 fully saturated rings. The maximum atomic E-state index is 12.6. The van der Waals surface area contributed by atoms with Crippen molar-refractivity contribution in [1.29, 1.82) is 0 Å². The molecule has 162 valence electrons. The summed E-state index contributed by atoms with van der Waals surface area (Å²) >= 11 is 3.39. The molecule has 0 radical (unpaired) electrons. The number of hydrogen-bond acceptors (Lipinski definition) is 9. The van der Waals surface area contributed by atoms with E-state index in [-0.39, 0.29) is 24.4 Å². The van der Waals surface area contributed by atoms with Crippen LogP contribution < -0.4 is 10.1 Å². The Morgan fingerprint density at radius 1 is 1.10 bits per heavy atom. The number of methoxy groups -OCH3 is 2. The molecule has 1 aliphatic heterocycles. The quantitative estimate of drug-likeness (QED) is 0.256. The average molecular weight is 485 g/mol. The van der Waals surface area contributed by atoms with E-state index in [1.165, 1.54) is 14.2 Å². The molecule has 0 spiro atoms. The zero-order valence-corrected chi connectivity index (χ0v) is 18.4. The number of dihydropyridines is 1. The van der Waals surface area contributed by atoms with Gasteiger partial charge in [-0.3, -0.25) is 0 Å². The Balaban J connectivity index is 2.60. The predicted molar refractivity (Wildman–Crippen MR) is 108 cm³/mol. The summed E-state index contributed by atoms with van der Waals surface area (Å²) in [4.78, 5) is 39.8. The monoisotopic (exact) mass is 484 g/mol. The van der Waals surface area contributed by atoms with Crippen LogP contribution >= 0.6 is 15.9 Å². The molecule has 1 heterocycles. The first-order valence-corrected chi connectivity index (χ1v) is 9.55. The van der Waals surface area contributed by atoms with Crippen molar-refractivity contribution in [3.8, 4) is 5.75 Å². The van der Waals surface area contributed by atoms with Gasteiger partial charge in [0.05, 0.1) is 31.3 Å². The molecule has 1 aliphatic rings. The third kappa shape index (κ3) is 5.09. The highest BCUT2D eigenvalue weighted by Gasteiger charge is 2.39. The minimum absolute atomic E-state index is 0.118. The maximum absolute atomic E-state index is 12.6. The number of rotatable bonds is 8. The highest BCUT2D eigenvalue weighted by atomic mass is 79.9. The molecule has 1 N–H and O–H groups in total. The van der Waals surface area contributed by atoms with E-state index in [2.05, 4.69) is 26.1 Å². The second-order valence-electron chi connectivity index (χ2n) is 6.21. The molecule has 0 amide bonds. The first-order chi connectivity index (χ1) is 14.2. The van der Waals surface area contributed by atoms with Gasteiger partial charge in [-0.05, 0) is 32.0 Å². The van der Waals surface area contributed by atoms with Crippen LogP contribution in [0.15, 0.2) is 45.2 Å². The topological polar surface area (TPSA) is 126 Å². The molecule has 2 rings (SSSR count). The van der Waals surface area contributed by atoms with Crippen LogP contribution in [0.4, 0.5) is 0 Å². The van der Waals surface area contributed by atoms with E-state index in [4.69, 9.17) is 14.2 Å². The van der Waals surface area contributed by atoms with E-state index in [0.717, 1.165) is 0 Å². The number of halogens is 1. The second kappa shape index (κ2) is 10.1. The van der Waals surface area contributed by atoms with Crippen molar-refractivity contribution in [1.82, 2.24) is 5.32 Å². The Hall–Kier alpha value is -3.08. The van der Waals surface area contributed by atoms with Gasteiger partial charge in [-0.25, -0.2) is 9.59 Å². The zero-order chi connectivity index (χ0) is 22.4. The smallest absolute Gasteiger partial charge is 0.336 e. The SMILES string of the molecule is COC(=O)C1=C(C)NC(C)=C(C(=O)OC)C1c1cc(Br)ccc1OCCO[N+](=O)[O-]. The maximum Gasteiger partial charge on any atom is 0.336 e. The summed E-state index contributed by atoms with van der Waals surface area (Å²) in [5.41, 5.74) is 1.94. The fraction of sp³-hybridized carbons (Fsp3) is 0.368. The number of allylic oxidation sites excluding steroid dienone is 2. The zero-order valence-electron chi connectivity index (χ0n) is 16.8. The van der Waals surface area contributed by atoms with Crippen LogP contribution in [-0.2, 0) is 23.9 Å². The number of benzene rings is 1. The van der Waals surface area contributed by atoms with Crippen LogP contribution in [0.3, 0.4) is 0 Å². The molecular formula is C19H21BrN2O8. The van der Waals surface area contributed by atoms with Gasteiger partial charge in [-0.1, -0.05) is 15.9 Å². The van der Waals surface area contributed by atoms with E-state index in [1.807, 2.05) is 0 Å². The van der Waals surface area contributed by atoms with E-state index in [0.29, 0.717) is 27.2 Å². The molecule has 10 nitrogen and oxygen atoms in total. The molecule has 0 unspecified atom stereocenters. The van der Waals surface area contributed by atoms with E-state index >= 15 is 0 Å². The van der Waals surface area contributed by atoms with E-state index in [9.17, 15) is 19.7 Å². The van der Waals surface area contributed by atoms with Crippen molar-refractivity contribution >= 4 is 27.9 Å². The number of hydrogen-bond donors (Lipinski definition) is 1. The van der Waals surface area contributed by atoms with Gasteiger partial charge in [0.1, 0.15) is 19.0 Å². The number of esters is 2. The highest BCUT2D eigenvalue weighted by Crippen LogP contribution is 2.43. The van der Waals surface area contributed by atoms with Gasteiger partial charge in [-0.15, -0.1) is 10.1 Å². The summed E-state index contributed by atoms with van der Waals surface area (Å²) in [7, 11) is 2.49. The van der Waals surface area contributed by atoms with Crippen molar-refractivity contribution in [3.63, 3.8) is 0 Å². The lowest BCUT2D eigenvalue weighted by Crippen LogP contribution is -2.32. The van der Waals surface area contributed by atoms with Crippen LogP contribution in [0.25, 0.3) is 0 Å². The number of ether oxygens (including phenoxy) is 3. The van der Waals surface area contributed by atoms with E-state index in [1.54, 1.807) is 32.0 Å². The van der Waals surface area contributed by atoms with Gasteiger partial charge in [0.15, 0.2) is 0 Å². The molecule has 0 saturated heterocycles. The predicted octanol–water partition coefficient (Wildman–Crippen LogP) is 2.62. The summed E-state index contributed by atoms with van der Waals surface area (Å²) in [6, 6.07) is 5.03. The number of nitrogens with zero attached hydrogens (tertiary/aromatic N) is 1. The summed E-state index contributed by atoms with van der Waals surface area (Å²) in [5.74, 6) is -1.78. The number of carbonyl (C=O) groups is 2. The van der Waals surface area contributed by atoms with Gasteiger partial charge in [-0.2, -0.15) is 0 Å². The lowest BCUT2D eigenvalue weighted by Gasteiger charge is -2.31. The van der Waals surface area contributed by atoms with Gasteiger partial charge in [0.25, 0.3) is 5.09 Å². The summed E-state index contributed by atoms with van der Waals surface area (Å²) in [6.07, 6.45) is 0. The minimum atomic E-state index is -0.915. The molecule has 11 heteroatoms. The summed E-state index contributed by atoms with van der Waals surface area (Å²) in [6.45, 7) is 2.99. The first kappa shape index (κ1) is 23.2. The Morgan fingerprint density at radius 3 is 2.17 bits per heavy atom. The van der Waals surface area contributed by atoms with Gasteiger partial charge >= 0.3 is 11.9 Å². The molecule has 1 aromatic carbocycles. The normalized spacial score (nSPS) is 14.2. The molecule has 1 aromatic rings. The molecule has 0 saturated carbocycles. The molecule has 30 heavy (non-hydrogen) atoms. The van der Waals surface area contributed by atoms with Gasteiger partial charge < -0.3 is 24.4 Å². The fourth-order valence-electron chi connectivity index (χ4n) is 3.21. The van der Waals surface area contributed by atoms with E-state index < -0.39 is 22.9 Å². The Bertz CT molecular complexity index is 887. The fourth-order valence-corrected chi connectivity index (χ4v) is 3.58. The van der Waals surface area contributed by atoms with Crippen molar-refractivity contribution in [2.45, 2.75) is 19.8 Å². The van der Waals surface area contributed by atoms with Gasteiger partial charge in [0, 0.05) is 21.4 Å². The van der Waals surface area contributed by atoms with Gasteiger partial charge in [0.2, 0.25) is 0 Å². The second-order valence-corrected chi connectivity index (χ2v) is 7.12. The largest absolute Gasteiger partial charge is 0.491 e. The van der Waals surface area contributed by atoms with Crippen molar-refractivity contribution in [3.05, 3.63) is 60.9 Å². The highest BCUT2D eigenvalue weighted by molar-refractivity contribution is 9.10. The molecule has 0 atom stereocenters. The Morgan fingerprint density at radius 2 is 1.67 bits per heavy atom. The molecule has 0 aliphatic carbocycles. The molecular weight excluding hydrogens is 464 g/mol. The van der Waals surface area contributed by atoms with Crippen LogP contribution in [0.5, 0.6) is 5.75 Å². The van der Waals surface area contributed by atoms with Crippen LogP contribution in [0.1, 0.15) is 25.3 Å². The van der Waals surface area contributed by atoms with Crippen LogP contribution in [-0.4, -0.2) is 44.5 Å². The lowest BCUT2D eigenvalue weighted by atomic mass is 9.80. The average Bonchev–Trinajstić information content (AvgIpc) is 2.70. The summed E-state index contributed by atoms with van der Waals surface area (Å²) < 4.78 is 16.2. The minimum Gasteiger partial charge on any atom is -0.491 e. The third-order valence-corrected chi connectivity index (χ3v) is 4.88. The van der Waals surface area contributed by atoms with Crippen molar-refractivity contribution in [2.24, 2.45) is 0 Å². The number of carbonyl (C=O) groups excluding carboxylic acids is 2. The molecule has 0 bridgehead atoms. The molecule has 0 aromatic heterocycles. The Labute approximate surface area is 181 Å². The Kier molecular flexibility index (Phi) is 7.81. The summed E-state index contributed by atoms with van der Waals surface area (Å²) in [5, 5.41) is 12.4.